The summed E-state index contributed by atoms with van der Waals surface area (Å²) in [5, 5.41) is 8.97. The van der Waals surface area contributed by atoms with Crippen LogP contribution in [-0.2, 0) is 0 Å². The topological polar surface area (TPSA) is 40.9 Å². The van der Waals surface area contributed by atoms with E-state index in [1.54, 1.807) is 19.1 Å². The number of benzene rings is 1. The normalized spacial score (nSPS) is 12.2. The molecule has 1 unspecified atom stereocenters. The highest BCUT2D eigenvalue weighted by Crippen LogP contribution is 2.18. The molecule has 0 saturated carbocycles. The molecule has 0 aliphatic carbocycles. The van der Waals surface area contributed by atoms with Crippen molar-refractivity contribution in [2.75, 3.05) is 0 Å². The van der Waals surface area contributed by atoms with Crippen molar-refractivity contribution < 1.29 is 9.18 Å². The molecule has 1 aromatic carbocycles. The molecule has 0 aliphatic heterocycles. The van der Waals surface area contributed by atoms with E-state index < -0.39 is 11.7 Å². The van der Waals surface area contributed by atoms with Crippen LogP contribution >= 0.6 is 0 Å². The Morgan fingerprint density at radius 3 is 2.59 bits per heavy atom. The van der Waals surface area contributed by atoms with Crippen LogP contribution in [0.25, 0.3) is 0 Å². The number of aryl methyl sites for hydroxylation is 1. The number of rotatable bonds is 4. The largest absolute Gasteiger partial charge is 0.293 e. The van der Waals surface area contributed by atoms with Crippen LogP contribution in [0.15, 0.2) is 18.2 Å². The van der Waals surface area contributed by atoms with Crippen LogP contribution in [0, 0.1) is 35.9 Å². The Kier molecular flexibility index (Phi) is 4.39. The Balaban J connectivity index is 2.95. The molecule has 0 bridgehead atoms. The van der Waals surface area contributed by atoms with Gasteiger partial charge >= 0.3 is 0 Å². The molecule has 0 N–H and O–H groups in total. The minimum absolute atomic E-state index is 0.263. The number of hydrogen-bond acceptors (Lipinski definition) is 2. The molecule has 0 aromatic heterocycles. The molecule has 0 aliphatic rings. The number of carbonyl (C=O) groups is 1. The van der Waals surface area contributed by atoms with Gasteiger partial charge in [-0.2, -0.15) is 5.26 Å². The van der Waals surface area contributed by atoms with Crippen molar-refractivity contribution in [3.8, 4) is 6.07 Å². The van der Waals surface area contributed by atoms with E-state index in [1.807, 2.05) is 19.9 Å². The van der Waals surface area contributed by atoms with Crippen LogP contribution in [0.2, 0.25) is 0 Å². The molecular formula is C14H16FNO. The molecule has 1 atom stereocenters. The number of nitrogens with zero attached hydrogens (tertiary/aromatic N) is 1. The van der Waals surface area contributed by atoms with Crippen molar-refractivity contribution in [1.82, 2.24) is 0 Å². The molecule has 1 rings (SSSR count). The summed E-state index contributed by atoms with van der Waals surface area (Å²) in [6, 6.07) is 6.34. The lowest BCUT2D eigenvalue weighted by Crippen LogP contribution is -2.15. The third-order valence-electron chi connectivity index (χ3n) is 2.64. The second-order valence-electron chi connectivity index (χ2n) is 4.64. The van der Waals surface area contributed by atoms with Crippen LogP contribution in [0.5, 0.6) is 0 Å². The Morgan fingerprint density at radius 2 is 2.12 bits per heavy atom. The van der Waals surface area contributed by atoms with E-state index in [1.165, 1.54) is 6.07 Å². The van der Waals surface area contributed by atoms with Gasteiger partial charge in [-0.3, -0.25) is 4.79 Å². The van der Waals surface area contributed by atoms with Crippen molar-refractivity contribution >= 4 is 5.78 Å². The first-order valence-electron chi connectivity index (χ1n) is 5.65. The predicted molar refractivity (Wildman–Crippen MR) is 64.0 cm³/mol. The summed E-state index contributed by atoms with van der Waals surface area (Å²) in [4.78, 5) is 12.0. The first kappa shape index (κ1) is 13.4. The molecule has 0 amide bonds. The minimum Gasteiger partial charge on any atom is -0.293 e. The first-order valence-corrected chi connectivity index (χ1v) is 5.65. The number of hydrogen-bond donors (Lipinski definition) is 0. The minimum atomic E-state index is -0.683. The second-order valence-corrected chi connectivity index (χ2v) is 4.64. The van der Waals surface area contributed by atoms with E-state index in [0.29, 0.717) is 12.0 Å². The van der Waals surface area contributed by atoms with E-state index in [9.17, 15) is 9.18 Å². The molecule has 0 radical (unpaired) electrons. The van der Waals surface area contributed by atoms with E-state index in [4.69, 9.17) is 5.26 Å². The fraction of sp³-hybridized carbons (Fsp3) is 0.429. The van der Waals surface area contributed by atoms with Gasteiger partial charge in [0.05, 0.1) is 6.07 Å². The Hall–Kier alpha value is -1.69. The lowest BCUT2D eigenvalue weighted by molar-refractivity contribution is 0.0936. The zero-order valence-corrected chi connectivity index (χ0v) is 10.3. The Labute approximate surface area is 101 Å². The summed E-state index contributed by atoms with van der Waals surface area (Å²) in [5.41, 5.74) is 0.777. The van der Waals surface area contributed by atoms with Gasteiger partial charge < -0.3 is 0 Å². The van der Waals surface area contributed by atoms with E-state index in [0.717, 1.165) is 0 Å². The van der Waals surface area contributed by atoms with Gasteiger partial charge in [-0.1, -0.05) is 26.0 Å². The maximum atomic E-state index is 13.3. The number of nitriles is 1. The highest BCUT2D eigenvalue weighted by Gasteiger charge is 2.21. The lowest BCUT2D eigenvalue weighted by Gasteiger charge is -2.11. The SMILES string of the molecule is Cc1ccc(C(=O)C(C#N)CC(C)C)cc1F. The van der Waals surface area contributed by atoms with Crippen molar-refractivity contribution in [2.24, 2.45) is 11.8 Å². The van der Waals surface area contributed by atoms with Crippen LogP contribution in [0.3, 0.4) is 0 Å². The number of halogens is 1. The van der Waals surface area contributed by atoms with E-state index in [2.05, 4.69) is 0 Å². The van der Waals surface area contributed by atoms with Crippen molar-refractivity contribution in [3.63, 3.8) is 0 Å². The molecule has 2 nitrogen and oxygen atoms in total. The van der Waals surface area contributed by atoms with Gasteiger partial charge in [0, 0.05) is 5.56 Å². The summed E-state index contributed by atoms with van der Waals surface area (Å²) in [6.45, 7) is 5.54. The van der Waals surface area contributed by atoms with Gasteiger partial charge in [-0.25, -0.2) is 4.39 Å². The molecule has 0 saturated heterocycles. The number of Topliss-reactive ketones (excluding diaryl/α,β-unsaturated/α-hetero) is 1. The molecule has 90 valence electrons. The van der Waals surface area contributed by atoms with Crippen molar-refractivity contribution in [2.45, 2.75) is 27.2 Å². The van der Waals surface area contributed by atoms with E-state index >= 15 is 0 Å². The Morgan fingerprint density at radius 1 is 1.47 bits per heavy atom. The molecule has 0 spiro atoms. The summed E-state index contributed by atoms with van der Waals surface area (Å²) >= 11 is 0. The van der Waals surface area contributed by atoms with Gasteiger partial charge in [0.1, 0.15) is 11.7 Å². The molecule has 1 aromatic rings. The third kappa shape index (κ3) is 3.39. The number of ketones is 1. The molecule has 0 fully saturated rings. The highest BCUT2D eigenvalue weighted by atomic mass is 19.1. The van der Waals surface area contributed by atoms with Gasteiger partial charge in [0.2, 0.25) is 0 Å². The van der Waals surface area contributed by atoms with Gasteiger partial charge in [0.15, 0.2) is 5.78 Å². The van der Waals surface area contributed by atoms with Crippen LogP contribution < -0.4 is 0 Å². The molecule has 17 heavy (non-hydrogen) atoms. The zero-order chi connectivity index (χ0) is 13.0. The molecular weight excluding hydrogens is 217 g/mol. The van der Waals surface area contributed by atoms with Gasteiger partial charge in [-0.05, 0) is 30.9 Å². The molecule has 0 heterocycles. The summed E-state index contributed by atoms with van der Waals surface area (Å²) < 4.78 is 13.3. The first-order chi connectivity index (χ1) is 7.95. The van der Waals surface area contributed by atoms with Crippen LogP contribution in [0.4, 0.5) is 4.39 Å². The smallest absolute Gasteiger partial charge is 0.180 e. The van der Waals surface area contributed by atoms with Crippen molar-refractivity contribution in [3.05, 3.63) is 35.1 Å². The quantitative estimate of drug-likeness (QED) is 0.747. The highest BCUT2D eigenvalue weighted by molar-refractivity contribution is 5.99. The van der Waals surface area contributed by atoms with Crippen LogP contribution in [0.1, 0.15) is 36.2 Å². The predicted octanol–water partition coefficient (Wildman–Crippen LogP) is 3.50. The van der Waals surface area contributed by atoms with Crippen LogP contribution in [-0.4, -0.2) is 5.78 Å². The summed E-state index contributed by atoms with van der Waals surface area (Å²) in [5.74, 6) is -1.12. The maximum absolute atomic E-state index is 13.3. The second kappa shape index (κ2) is 5.58. The fourth-order valence-corrected chi connectivity index (χ4v) is 1.64. The van der Waals surface area contributed by atoms with Gasteiger partial charge in [0.25, 0.3) is 0 Å². The van der Waals surface area contributed by atoms with E-state index in [-0.39, 0.29) is 17.3 Å². The lowest BCUT2D eigenvalue weighted by atomic mass is 9.90. The monoisotopic (exact) mass is 233 g/mol. The maximum Gasteiger partial charge on any atom is 0.180 e. The number of carbonyl (C=O) groups excluding carboxylic acids is 1. The zero-order valence-electron chi connectivity index (χ0n) is 10.3. The Bertz CT molecular complexity index is 460. The van der Waals surface area contributed by atoms with Gasteiger partial charge in [-0.15, -0.1) is 0 Å². The standard InChI is InChI=1S/C14H16FNO/c1-9(2)6-12(8-16)14(17)11-5-4-10(3)13(15)7-11/h4-5,7,9,12H,6H2,1-3H3. The fourth-order valence-electron chi connectivity index (χ4n) is 1.64. The summed E-state index contributed by atoms with van der Waals surface area (Å²) in [6.07, 6.45) is 0.505. The average Bonchev–Trinajstić information content (AvgIpc) is 2.28. The summed E-state index contributed by atoms with van der Waals surface area (Å²) in [7, 11) is 0. The third-order valence-corrected chi connectivity index (χ3v) is 2.64. The average molecular weight is 233 g/mol. The van der Waals surface area contributed by atoms with Crippen molar-refractivity contribution in [1.29, 1.82) is 5.26 Å². The molecule has 3 heteroatoms.